The number of nitrogens with zero attached hydrogens (tertiary/aromatic N) is 5. The quantitative estimate of drug-likeness (QED) is 0.603. The summed E-state index contributed by atoms with van der Waals surface area (Å²) in [6.07, 6.45) is 9.62. The van der Waals surface area contributed by atoms with Gasteiger partial charge >= 0.3 is 6.09 Å². The van der Waals surface area contributed by atoms with E-state index in [4.69, 9.17) is 21.1 Å². The number of piperidine rings is 1. The van der Waals surface area contributed by atoms with Gasteiger partial charge in [0.15, 0.2) is 0 Å². The van der Waals surface area contributed by atoms with E-state index in [2.05, 4.69) is 19.4 Å². The van der Waals surface area contributed by atoms with E-state index in [1.165, 1.54) is 6.33 Å². The van der Waals surface area contributed by atoms with E-state index >= 15 is 0 Å². The molecule has 3 atom stereocenters. The summed E-state index contributed by atoms with van der Waals surface area (Å²) in [5.74, 6) is 0. The predicted octanol–water partition coefficient (Wildman–Crippen LogP) is 4.63. The molecule has 3 aliphatic heterocycles. The number of fused-ring (bicyclic) bond motifs is 1. The van der Waals surface area contributed by atoms with Crippen LogP contribution in [0.3, 0.4) is 0 Å². The molecule has 0 aromatic carbocycles. The molecule has 0 saturated carbocycles. The van der Waals surface area contributed by atoms with Crippen molar-refractivity contribution in [3.8, 4) is 0 Å². The fourth-order valence-corrected chi connectivity index (χ4v) is 6.00. The topological polar surface area (TPSA) is 72.7 Å². The third kappa shape index (κ3) is 4.57. The molecule has 9 heteroatoms. The van der Waals surface area contributed by atoms with Gasteiger partial charge in [-0.15, -0.1) is 0 Å². The highest BCUT2D eigenvalue weighted by Gasteiger charge is 2.48. The summed E-state index contributed by atoms with van der Waals surface area (Å²) in [7, 11) is 0. The van der Waals surface area contributed by atoms with Gasteiger partial charge in [-0.05, 0) is 71.9 Å². The van der Waals surface area contributed by atoms with Gasteiger partial charge in [0.05, 0.1) is 17.0 Å². The Morgan fingerprint density at radius 2 is 2.03 bits per heavy atom. The maximum atomic E-state index is 12.9. The van der Waals surface area contributed by atoms with Gasteiger partial charge in [0.2, 0.25) is 0 Å². The average Bonchev–Trinajstić information content (AvgIpc) is 3.46. The molecule has 3 unspecified atom stereocenters. The number of amides is 1. The van der Waals surface area contributed by atoms with E-state index in [-0.39, 0.29) is 24.0 Å². The highest BCUT2D eigenvalue weighted by Crippen LogP contribution is 2.39. The molecule has 8 nitrogen and oxygen atoms in total. The molecule has 3 fully saturated rings. The van der Waals surface area contributed by atoms with Crippen molar-refractivity contribution in [2.75, 3.05) is 26.2 Å². The van der Waals surface area contributed by atoms with Crippen molar-refractivity contribution in [3.05, 3.63) is 23.7 Å². The number of aromatic nitrogens is 3. The monoisotopic (exact) mass is 475 g/mol. The first kappa shape index (κ1) is 22.9. The number of rotatable bonds is 3. The summed E-state index contributed by atoms with van der Waals surface area (Å²) >= 11 is 6.21. The number of hydrogen-bond donors (Lipinski definition) is 0. The highest BCUT2D eigenvalue weighted by molar-refractivity contribution is 6.33. The summed E-state index contributed by atoms with van der Waals surface area (Å²) in [4.78, 5) is 25.9. The SMILES string of the molecule is CC(C)(C)OC(=O)N1CCCC12CCCN(CC1CCC(n3ccc4c(Cl)ncnc43)O1)C2. The highest BCUT2D eigenvalue weighted by atomic mass is 35.5. The van der Waals surface area contributed by atoms with Crippen LogP contribution in [0, 0.1) is 0 Å². The lowest BCUT2D eigenvalue weighted by molar-refractivity contribution is -0.0355. The number of carbonyl (C=O) groups excluding carboxylic acids is 1. The van der Waals surface area contributed by atoms with Gasteiger partial charge < -0.3 is 18.9 Å². The van der Waals surface area contributed by atoms with Crippen molar-refractivity contribution in [1.29, 1.82) is 0 Å². The Morgan fingerprint density at radius 3 is 2.82 bits per heavy atom. The van der Waals surface area contributed by atoms with Crippen LogP contribution in [-0.4, -0.2) is 73.9 Å². The number of carbonyl (C=O) groups is 1. The van der Waals surface area contributed by atoms with Crippen molar-refractivity contribution in [2.24, 2.45) is 0 Å². The molecule has 2 aromatic heterocycles. The molecule has 0 bridgehead atoms. The maximum absolute atomic E-state index is 12.9. The molecule has 180 valence electrons. The summed E-state index contributed by atoms with van der Waals surface area (Å²) < 4.78 is 14.3. The lowest BCUT2D eigenvalue weighted by atomic mass is 9.86. The second kappa shape index (κ2) is 8.71. The van der Waals surface area contributed by atoms with Crippen LogP contribution < -0.4 is 0 Å². The van der Waals surface area contributed by atoms with E-state index in [9.17, 15) is 4.79 Å². The van der Waals surface area contributed by atoms with Crippen LogP contribution in [0.1, 0.15) is 65.5 Å². The first-order valence-corrected chi connectivity index (χ1v) is 12.5. The molecule has 1 spiro atoms. The Kier molecular flexibility index (Phi) is 6.04. The van der Waals surface area contributed by atoms with Crippen LogP contribution in [0.4, 0.5) is 4.79 Å². The van der Waals surface area contributed by atoms with Crippen LogP contribution in [0.2, 0.25) is 5.15 Å². The van der Waals surface area contributed by atoms with Gasteiger partial charge in [-0.25, -0.2) is 14.8 Å². The first-order chi connectivity index (χ1) is 15.7. The second-order valence-corrected chi connectivity index (χ2v) is 11.1. The van der Waals surface area contributed by atoms with Gasteiger partial charge in [0.25, 0.3) is 0 Å². The largest absolute Gasteiger partial charge is 0.444 e. The molecule has 3 saturated heterocycles. The summed E-state index contributed by atoms with van der Waals surface area (Å²) in [5.41, 5.74) is 0.235. The van der Waals surface area contributed by atoms with E-state index in [1.54, 1.807) is 0 Å². The number of hydrogen-bond acceptors (Lipinski definition) is 6. The Labute approximate surface area is 200 Å². The minimum Gasteiger partial charge on any atom is -0.444 e. The Balaban J connectivity index is 1.23. The Morgan fingerprint density at radius 1 is 1.24 bits per heavy atom. The Bertz CT molecular complexity index is 1020. The van der Waals surface area contributed by atoms with Crippen molar-refractivity contribution in [1.82, 2.24) is 24.3 Å². The zero-order chi connectivity index (χ0) is 23.2. The molecule has 2 aromatic rings. The zero-order valence-corrected chi connectivity index (χ0v) is 20.6. The van der Waals surface area contributed by atoms with Crippen LogP contribution in [0.5, 0.6) is 0 Å². The van der Waals surface area contributed by atoms with Crippen LogP contribution in [-0.2, 0) is 9.47 Å². The predicted molar refractivity (Wildman–Crippen MR) is 126 cm³/mol. The molecule has 1 amide bonds. The smallest absolute Gasteiger partial charge is 0.410 e. The normalized spacial score (nSPS) is 28.8. The van der Waals surface area contributed by atoms with Crippen molar-refractivity contribution in [2.45, 2.75) is 82.8 Å². The first-order valence-electron chi connectivity index (χ1n) is 12.1. The summed E-state index contributed by atoms with van der Waals surface area (Å²) in [5, 5.41) is 1.32. The standard InChI is InChI=1S/C24H34ClN5O3/c1-23(2,3)33-22(31)30-12-5-10-24(30)9-4-11-28(15-24)14-17-6-7-19(32-17)29-13-8-18-20(25)26-16-27-21(18)29/h8,13,16-17,19H,4-7,9-12,14-15H2,1-3H3. The molecule has 5 heterocycles. The fraction of sp³-hybridized carbons (Fsp3) is 0.708. The lowest BCUT2D eigenvalue weighted by Crippen LogP contribution is -2.58. The van der Waals surface area contributed by atoms with Crippen molar-refractivity contribution >= 4 is 28.7 Å². The molecule has 5 rings (SSSR count). The van der Waals surface area contributed by atoms with Gasteiger partial charge in [-0.1, -0.05) is 11.6 Å². The number of ether oxygens (including phenoxy) is 2. The average molecular weight is 476 g/mol. The van der Waals surface area contributed by atoms with Gasteiger partial charge in [-0.3, -0.25) is 4.90 Å². The van der Waals surface area contributed by atoms with Crippen LogP contribution >= 0.6 is 11.6 Å². The zero-order valence-electron chi connectivity index (χ0n) is 19.8. The maximum Gasteiger partial charge on any atom is 0.410 e. The minimum absolute atomic E-state index is 0.0399. The fourth-order valence-electron chi connectivity index (χ4n) is 5.81. The van der Waals surface area contributed by atoms with Crippen molar-refractivity contribution < 1.29 is 14.3 Å². The van der Waals surface area contributed by atoms with Crippen LogP contribution in [0.25, 0.3) is 11.0 Å². The van der Waals surface area contributed by atoms with E-state index in [1.807, 2.05) is 37.9 Å². The third-order valence-electron chi connectivity index (χ3n) is 7.16. The van der Waals surface area contributed by atoms with E-state index in [0.717, 1.165) is 75.7 Å². The van der Waals surface area contributed by atoms with E-state index in [0.29, 0.717) is 5.15 Å². The number of halogens is 1. The second-order valence-electron chi connectivity index (χ2n) is 10.7. The summed E-state index contributed by atoms with van der Waals surface area (Å²) in [6.45, 7) is 9.41. The summed E-state index contributed by atoms with van der Waals surface area (Å²) in [6, 6.07) is 1.95. The molecule has 0 aliphatic carbocycles. The molecule has 3 aliphatic rings. The molecule has 0 radical (unpaired) electrons. The number of likely N-dealkylation sites (tertiary alicyclic amines) is 2. The van der Waals surface area contributed by atoms with Gasteiger partial charge in [0, 0.05) is 25.8 Å². The lowest BCUT2D eigenvalue weighted by Gasteiger charge is -2.46. The third-order valence-corrected chi connectivity index (χ3v) is 7.46. The Hall–Kier alpha value is -1.90. The van der Waals surface area contributed by atoms with Gasteiger partial charge in [0.1, 0.15) is 29.0 Å². The molecule has 0 N–H and O–H groups in total. The van der Waals surface area contributed by atoms with E-state index < -0.39 is 5.60 Å². The van der Waals surface area contributed by atoms with Crippen molar-refractivity contribution in [3.63, 3.8) is 0 Å². The van der Waals surface area contributed by atoms with Gasteiger partial charge in [-0.2, -0.15) is 0 Å². The molecular weight excluding hydrogens is 442 g/mol. The molecule has 33 heavy (non-hydrogen) atoms. The minimum atomic E-state index is -0.473. The van der Waals surface area contributed by atoms with Crippen LogP contribution in [0.15, 0.2) is 18.6 Å². The molecular formula is C24H34ClN5O3.